The third-order valence-electron chi connectivity index (χ3n) is 12.1. The van der Waals surface area contributed by atoms with Crippen LogP contribution in [0.25, 0.3) is 0 Å². The fraction of sp³-hybridized carbons (Fsp3) is 0.839. The Labute approximate surface area is 416 Å². The molecule has 0 bridgehead atoms. The van der Waals surface area contributed by atoms with Gasteiger partial charge >= 0.3 is 25.7 Å². The van der Waals surface area contributed by atoms with Crippen molar-refractivity contribution in [1.82, 2.24) is 0 Å². The smallest absolute Gasteiger partial charge is 0.462 e. The number of hydrogen-bond donors (Lipinski definition) is 2. The van der Waals surface area contributed by atoms with Crippen molar-refractivity contribution in [3.05, 3.63) is 36.5 Å². The number of rotatable bonds is 52. The zero-order valence-corrected chi connectivity index (χ0v) is 44.7. The molecule has 3 unspecified atom stereocenters. The molecule has 11 nitrogen and oxygen atoms in total. The Morgan fingerprint density at radius 3 is 1.18 bits per heavy atom. The molecule has 0 radical (unpaired) electrons. The Morgan fingerprint density at radius 1 is 0.426 bits per heavy atom. The number of carbonyl (C=O) groups is 3. The van der Waals surface area contributed by atoms with Crippen LogP contribution in [-0.4, -0.2) is 66.5 Å². The van der Waals surface area contributed by atoms with E-state index in [-0.39, 0.29) is 25.9 Å². The summed E-state index contributed by atoms with van der Waals surface area (Å²) in [7, 11) is -4.74. The standard InChI is InChI=1S/C56H103O11P/c1-4-7-10-13-16-19-22-24-25-26-27-29-32-35-38-41-44-47-56(60)67-53(49-63-54(58)45-42-39-36-33-31-28-23-20-17-14-11-8-5-2)51-65-68(61,62)64-50-52(48-57)66-55(59)46-43-40-37-34-30-21-18-15-12-9-6-3/h7,10,16,19,24-25,52-53,57H,4-6,8-9,11-15,17-18,20-23,26-51H2,1-3H3,(H,61,62)/b10-7-,19-16-,25-24-. The minimum atomic E-state index is -4.74. The van der Waals surface area contributed by atoms with Gasteiger partial charge in [0.05, 0.1) is 19.8 Å². The molecule has 3 atom stereocenters. The van der Waals surface area contributed by atoms with E-state index in [1.54, 1.807) is 0 Å². The van der Waals surface area contributed by atoms with E-state index in [1.165, 1.54) is 116 Å². The van der Waals surface area contributed by atoms with Gasteiger partial charge in [0.1, 0.15) is 12.7 Å². The fourth-order valence-corrected chi connectivity index (χ4v) is 8.63. The highest BCUT2D eigenvalue weighted by atomic mass is 31.2. The quantitative estimate of drug-likeness (QED) is 0.0197. The van der Waals surface area contributed by atoms with Crippen LogP contribution in [0.3, 0.4) is 0 Å². The third kappa shape index (κ3) is 48.7. The largest absolute Gasteiger partial charge is 0.472 e. The van der Waals surface area contributed by atoms with E-state index >= 15 is 0 Å². The second kappa shape index (κ2) is 51.1. The van der Waals surface area contributed by atoms with Crippen LogP contribution in [0.2, 0.25) is 0 Å². The van der Waals surface area contributed by atoms with E-state index < -0.39 is 57.8 Å². The van der Waals surface area contributed by atoms with Crippen LogP contribution in [0.15, 0.2) is 36.5 Å². The summed E-state index contributed by atoms with van der Waals surface area (Å²) in [4.78, 5) is 48.4. The minimum absolute atomic E-state index is 0.160. The van der Waals surface area contributed by atoms with Gasteiger partial charge in [0.2, 0.25) is 0 Å². The number of carbonyl (C=O) groups excluding carboxylic acids is 3. The van der Waals surface area contributed by atoms with Crippen LogP contribution in [0, 0.1) is 0 Å². The van der Waals surface area contributed by atoms with Crippen LogP contribution < -0.4 is 0 Å². The van der Waals surface area contributed by atoms with Crippen LogP contribution in [0.4, 0.5) is 0 Å². The second-order valence-electron chi connectivity index (χ2n) is 18.7. The topological polar surface area (TPSA) is 155 Å². The Bertz CT molecular complexity index is 1280. The number of aliphatic hydroxyl groups is 1. The van der Waals surface area contributed by atoms with Gasteiger partial charge in [-0.1, -0.05) is 231 Å². The fourth-order valence-electron chi connectivity index (χ4n) is 7.84. The first-order valence-corrected chi connectivity index (χ1v) is 29.4. The SMILES string of the molecule is CC/C=C\C/C=C\C/C=C\CCCCCCCCCC(=O)OC(COC(=O)CCCCCCCCCCCCCCC)COP(=O)(O)OCC(CO)OC(=O)CCCCCCCCCCCCC. The Morgan fingerprint density at radius 2 is 0.765 bits per heavy atom. The van der Waals surface area contributed by atoms with Crippen molar-refractivity contribution >= 4 is 25.7 Å². The van der Waals surface area contributed by atoms with Crippen LogP contribution in [0.1, 0.15) is 265 Å². The Balaban J connectivity index is 4.72. The lowest BCUT2D eigenvalue weighted by Gasteiger charge is -2.21. The molecule has 0 aromatic carbocycles. The molecule has 0 spiro atoms. The summed E-state index contributed by atoms with van der Waals surface area (Å²) >= 11 is 0. The molecule has 0 aromatic rings. The van der Waals surface area contributed by atoms with Gasteiger partial charge in [-0.2, -0.15) is 0 Å². The molecule has 398 valence electrons. The zero-order valence-electron chi connectivity index (χ0n) is 43.8. The molecule has 2 N–H and O–H groups in total. The molecule has 68 heavy (non-hydrogen) atoms. The summed E-state index contributed by atoms with van der Waals surface area (Å²) in [6.45, 7) is 4.54. The predicted octanol–water partition coefficient (Wildman–Crippen LogP) is 16.0. The van der Waals surface area contributed by atoms with E-state index in [9.17, 15) is 28.9 Å². The average molecular weight is 983 g/mol. The van der Waals surface area contributed by atoms with E-state index in [0.717, 1.165) is 89.9 Å². The van der Waals surface area contributed by atoms with Gasteiger partial charge in [-0.15, -0.1) is 0 Å². The molecule has 12 heteroatoms. The van der Waals surface area contributed by atoms with Crippen molar-refractivity contribution in [3.63, 3.8) is 0 Å². The van der Waals surface area contributed by atoms with E-state index in [1.807, 2.05) is 0 Å². The van der Waals surface area contributed by atoms with Gasteiger partial charge in [0.25, 0.3) is 0 Å². The lowest BCUT2D eigenvalue weighted by molar-refractivity contribution is -0.161. The van der Waals surface area contributed by atoms with E-state index in [4.69, 9.17) is 23.3 Å². The second-order valence-corrected chi connectivity index (χ2v) is 20.2. The number of allylic oxidation sites excluding steroid dienone is 6. The number of phosphoric acid groups is 1. The highest BCUT2D eigenvalue weighted by molar-refractivity contribution is 7.47. The number of esters is 3. The third-order valence-corrected chi connectivity index (χ3v) is 13.0. The lowest BCUT2D eigenvalue weighted by Crippen LogP contribution is -2.30. The number of phosphoric ester groups is 1. The molecule has 0 aliphatic heterocycles. The van der Waals surface area contributed by atoms with Gasteiger partial charge < -0.3 is 24.2 Å². The Hall–Kier alpha value is -2.30. The van der Waals surface area contributed by atoms with Gasteiger partial charge in [-0.25, -0.2) is 4.57 Å². The molecule has 0 rings (SSSR count). The van der Waals surface area contributed by atoms with Crippen molar-refractivity contribution < 1.29 is 52.2 Å². The van der Waals surface area contributed by atoms with Crippen molar-refractivity contribution in [2.24, 2.45) is 0 Å². The first-order valence-electron chi connectivity index (χ1n) is 27.9. The van der Waals surface area contributed by atoms with Crippen LogP contribution in [-0.2, 0) is 42.2 Å². The maximum atomic E-state index is 12.9. The van der Waals surface area contributed by atoms with Gasteiger partial charge in [0, 0.05) is 19.3 Å². The molecular formula is C56H103O11P. The average Bonchev–Trinajstić information content (AvgIpc) is 3.32. The van der Waals surface area contributed by atoms with Gasteiger partial charge in [-0.05, 0) is 51.4 Å². The molecule has 0 aliphatic carbocycles. The molecule has 0 aromatic heterocycles. The minimum Gasteiger partial charge on any atom is -0.462 e. The van der Waals surface area contributed by atoms with Gasteiger partial charge in [0.15, 0.2) is 6.10 Å². The monoisotopic (exact) mass is 983 g/mol. The highest BCUT2D eigenvalue weighted by Crippen LogP contribution is 2.43. The normalized spacial score (nSPS) is 13.7. The Kier molecular flexibility index (Phi) is 49.3. The lowest BCUT2D eigenvalue weighted by atomic mass is 10.0. The zero-order chi connectivity index (χ0) is 49.9. The molecule has 0 fully saturated rings. The first-order chi connectivity index (χ1) is 33.2. The highest BCUT2D eigenvalue weighted by Gasteiger charge is 2.28. The summed E-state index contributed by atoms with van der Waals surface area (Å²) in [6, 6.07) is 0. The van der Waals surface area contributed by atoms with Crippen molar-refractivity contribution in [1.29, 1.82) is 0 Å². The number of hydrogen-bond acceptors (Lipinski definition) is 10. The molecule has 0 saturated heterocycles. The van der Waals surface area contributed by atoms with Crippen LogP contribution in [0.5, 0.6) is 0 Å². The summed E-state index contributed by atoms with van der Waals surface area (Å²) in [5, 5.41) is 9.78. The summed E-state index contributed by atoms with van der Waals surface area (Å²) in [6.07, 6.45) is 51.0. The first kappa shape index (κ1) is 65.7. The van der Waals surface area contributed by atoms with E-state index in [2.05, 4.69) is 57.2 Å². The predicted molar refractivity (Wildman–Crippen MR) is 279 cm³/mol. The number of ether oxygens (including phenoxy) is 3. The van der Waals surface area contributed by atoms with Crippen molar-refractivity contribution in [2.75, 3.05) is 26.4 Å². The van der Waals surface area contributed by atoms with Crippen molar-refractivity contribution in [3.8, 4) is 0 Å². The van der Waals surface area contributed by atoms with Crippen LogP contribution >= 0.6 is 7.82 Å². The molecule has 0 heterocycles. The maximum Gasteiger partial charge on any atom is 0.472 e. The molecule has 0 saturated carbocycles. The number of unbranched alkanes of at least 4 members (excludes halogenated alkanes) is 29. The van der Waals surface area contributed by atoms with E-state index in [0.29, 0.717) is 19.3 Å². The molecule has 0 aliphatic rings. The summed E-state index contributed by atoms with van der Waals surface area (Å²) in [5.41, 5.74) is 0. The summed E-state index contributed by atoms with van der Waals surface area (Å²) in [5.74, 6) is -1.46. The van der Waals surface area contributed by atoms with Gasteiger partial charge in [-0.3, -0.25) is 23.4 Å². The molecular weight excluding hydrogens is 880 g/mol. The molecule has 0 amide bonds. The maximum absolute atomic E-state index is 12.9. The van der Waals surface area contributed by atoms with Crippen molar-refractivity contribution in [2.45, 2.75) is 277 Å². The number of aliphatic hydroxyl groups excluding tert-OH is 1. The summed E-state index contributed by atoms with van der Waals surface area (Å²) < 4.78 is 39.4.